The number of aryl methyl sites for hydroxylation is 2. The Labute approximate surface area is 176 Å². The standard InChI is InChI=1S/C24H24ClN3O/c1-14-9-23-19(10-22(14)26-4)21(20-12-27-11-15(2)24(20)25)13-28(23)18-7-5-17(6-8-18)16(3)29/h9-13,17-18H,5-8H2,1-3H3. The summed E-state index contributed by atoms with van der Waals surface area (Å²) in [4.78, 5) is 19.8. The highest BCUT2D eigenvalue weighted by atomic mass is 35.5. The molecule has 1 fully saturated rings. The number of fused-ring (bicyclic) bond motifs is 1. The topological polar surface area (TPSA) is 39.2 Å². The number of hydrogen-bond donors (Lipinski definition) is 0. The van der Waals surface area contributed by atoms with Crippen LogP contribution in [0.15, 0.2) is 30.7 Å². The molecule has 1 saturated carbocycles. The third-order valence-corrected chi connectivity index (χ3v) is 6.78. The lowest BCUT2D eigenvalue weighted by molar-refractivity contribution is -0.121. The molecule has 0 spiro atoms. The van der Waals surface area contributed by atoms with Gasteiger partial charge in [-0.25, -0.2) is 4.85 Å². The van der Waals surface area contributed by atoms with E-state index < -0.39 is 0 Å². The van der Waals surface area contributed by atoms with Crippen LogP contribution < -0.4 is 0 Å². The van der Waals surface area contributed by atoms with Gasteiger partial charge in [0.2, 0.25) is 0 Å². The molecule has 1 aliphatic carbocycles. The molecule has 1 aromatic carbocycles. The van der Waals surface area contributed by atoms with Crippen LogP contribution in [0.4, 0.5) is 5.69 Å². The Bertz CT molecular complexity index is 1150. The van der Waals surface area contributed by atoms with Gasteiger partial charge in [0.15, 0.2) is 5.69 Å². The molecule has 4 rings (SSSR count). The molecular formula is C24H24ClN3O. The predicted octanol–water partition coefficient (Wildman–Crippen LogP) is 6.84. The van der Waals surface area contributed by atoms with Crippen LogP contribution in [0, 0.1) is 26.3 Å². The second kappa shape index (κ2) is 7.65. The highest BCUT2D eigenvalue weighted by Gasteiger charge is 2.27. The molecule has 148 valence electrons. The maximum Gasteiger partial charge on any atom is 0.190 e. The first kappa shape index (κ1) is 19.7. The first-order valence-corrected chi connectivity index (χ1v) is 10.4. The summed E-state index contributed by atoms with van der Waals surface area (Å²) in [5.41, 5.74) is 5.60. The second-order valence-corrected chi connectivity index (χ2v) is 8.53. The van der Waals surface area contributed by atoms with Crippen molar-refractivity contribution in [3.05, 3.63) is 58.3 Å². The van der Waals surface area contributed by atoms with Gasteiger partial charge in [0.05, 0.1) is 11.6 Å². The summed E-state index contributed by atoms with van der Waals surface area (Å²) < 4.78 is 2.33. The number of rotatable bonds is 3. The Morgan fingerprint density at radius 2 is 1.86 bits per heavy atom. The van der Waals surface area contributed by atoms with Gasteiger partial charge in [0.1, 0.15) is 5.78 Å². The summed E-state index contributed by atoms with van der Waals surface area (Å²) in [5, 5.41) is 1.73. The minimum Gasteiger partial charge on any atom is -0.344 e. The Kier molecular flexibility index (Phi) is 5.19. The number of ketones is 1. The molecule has 4 nitrogen and oxygen atoms in total. The zero-order valence-electron chi connectivity index (χ0n) is 17.0. The molecule has 29 heavy (non-hydrogen) atoms. The average molecular weight is 406 g/mol. The van der Waals surface area contributed by atoms with Crippen molar-refractivity contribution in [3.63, 3.8) is 0 Å². The van der Waals surface area contributed by atoms with Crippen molar-refractivity contribution in [2.45, 2.75) is 52.5 Å². The first-order chi connectivity index (χ1) is 13.9. The van der Waals surface area contributed by atoms with Crippen LogP contribution >= 0.6 is 11.6 Å². The van der Waals surface area contributed by atoms with Crippen LogP contribution in [0.3, 0.4) is 0 Å². The number of pyridine rings is 1. The number of benzene rings is 1. The van der Waals surface area contributed by atoms with Gasteiger partial charge in [-0.15, -0.1) is 0 Å². The van der Waals surface area contributed by atoms with Gasteiger partial charge in [0.25, 0.3) is 0 Å². The SMILES string of the molecule is [C-]#[N+]c1cc2c(-c3cncc(C)c3Cl)cn(C3CCC(C(C)=O)CC3)c2cc1C. The van der Waals surface area contributed by atoms with Gasteiger partial charge < -0.3 is 4.57 Å². The third kappa shape index (κ3) is 3.45. The molecule has 0 aliphatic heterocycles. The zero-order chi connectivity index (χ0) is 20.7. The Morgan fingerprint density at radius 3 is 2.52 bits per heavy atom. The lowest BCUT2D eigenvalue weighted by atomic mass is 9.84. The van der Waals surface area contributed by atoms with Crippen LogP contribution in [-0.2, 0) is 4.79 Å². The average Bonchev–Trinajstić information content (AvgIpc) is 3.07. The second-order valence-electron chi connectivity index (χ2n) is 8.15. The monoisotopic (exact) mass is 405 g/mol. The van der Waals surface area contributed by atoms with Gasteiger partial charge in [-0.2, -0.15) is 0 Å². The summed E-state index contributed by atoms with van der Waals surface area (Å²) >= 11 is 6.63. The van der Waals surface area contributed by atoms with Crippen LogP contribution in [0.5, 0.6) is 0 Å². The molecule has 0 amide bonds. The summed E-state index contributed by atoms with van der Waals surface area (Å²) in [6.07, 6.45) is 9.57. The number of carbonyl (C=O) groups excluding carboxylic acids is 1. The van der Waals surface area contributed by atoms with Gasteiger partial charge in [-0.3, -0.25) is 9.78 Å². The lowest BCUT2D eigenvalue weighted by Gasteiger charge is -2.29. The summed E-state index contributed by atoms with van der Waals surface area (Å²) in [5.74, 6) is 0.495. The molecular weight excluding hydrogens is 382 g/mol. The normalized spacial score (nSPS) is 19.3. The molecule has 0 saturated heterocycles. The van der Waals surface area contributed by atoms with Gasteiger partial charge in [-0.05, 0) is 75.1 Å². The van der Waals surface area contributed by atoms with E-state index in [1.54, 1.807) is 19.3 Å². The minimum absolute atomic E-state index is 0.193. The fraction of sp³-hybridized carbons (Fsp3) is 0.375. The molecule has 0 radical (unpaired) electrons. The molecule has 0 bridgehead atoms. The Morgan fingerprint density at radius 1 is 1.14 bits per heavy atom. The third-order valence-electron chi connectivity index (χ3n) is 6.28. The molecule has 1 aliphatic rings. The number of nitrogens with zero attached hydrogens (tertiary/aromatic N) is 3. The van der Waals surface area contributed by atoms with Crippen LogP contribution in [0.2, 0.25) is 5.02 Å². The van der Waals surface area contributed by atoms with Crippen molar-refractivity contribution >= 4 is 34.0 Å². The van der Waals surface area contributed by atoms with E-state index in [9.17, 15) is 4.79 Å². The van der Waals surface area contributed by atoms with Crippen LogP contribution in [0.1, 0.15) is 49.8 Å². The molecule has 5 heteroatoms. The van der Waals surface area contributed by atoms with Crippen molar-refractivity contribution in [2.24, 2.45) is 5.92 Å². The fourth-order valence-electron chi connectivity index (χ4n) is 4.52. The van der Waals surface area contributed by atoms with Crippen molar-refractivity contribution in [1.29, 1.82) is 0 Å². The maximum absolute atomic E-state index is 11.8. The van der Waals surface area contributed by atoms with E-state index >= 15 is 0 Å². The van der Waals surface area contributed by atoms with Crippen molar-refractivity contribution in [3.8, 4) is 11.1 Å². The number of hydrogen-bond acceptors (Lipinski definition) is 2. The van der Waals surface area contributed by atoms with Gasteiger partial charge >= 0.3 is 0 Å². The molecule has 0 unspecified atom stereocenters. The van der Waals surface area contributed by atoms with E-state index in [0.29, 0.717) is 22.5 Å². The summed E-state index contributed by atoms with van der Waals surface area (Å²) in [7, 11) is 0. The Hall–Kier alpha value is -2.64. The molecule has 3 aromatic rings. The predicted molar refractivity (Wildman–Crippen MR) is 118 cm³/mol. The van der Waals surface area contributed by atoms with Gasteiger partial charge in [-0.1, -0.05) is 11.6 Å². The summed E-state index contributed by atoms with van der Waals surface area (Å²) in [6, 6.07) is 4.43. The number of aromatic nitrogens is 2. The number of halogens is 1. The van der Waals surface area contributed by atoms with Gasteiger partial charge in [0, 0.05) is 47.2 Å². The highest BCUT2D eigenvalue weighted by Crippen LogP contribution is 2.42. The quantitative estimate of drug-likeness (QED) is 0.447. The largest absolute Gasteiger partial charge is 0.344 e. The van der Waals surface area contributed by atoms with Crippen molar-refractivity contribution in [1.82, 2.24) is 9.55 Å². The van der Waals surface area contributed by atoms with E-state index in [-0.39, 0.29) is 5.92 Å². The fourth-order valence-corrected chi connectivity index (χ4v) is 4.72. The number of Topliss-reactive ketones (excluding diaryl/α,β-unsaturated/α-hetero) is 1. The van der Waals surface area contributed by atoms with Crippen LogP contribution in [0.25, 0.3) is 26.9 Å². The van der Waals surface area contributed by atoms with E-state index in [4.69, 9.17) is 18.2 Å². The molecule has 0 atom stereocenters. The summed E-state index contributed by atoms with van der Waals surface area (Å²) in [6.45, 7) is 13.2. The first-order valence-electron chi connectivity index (χ1n) is 10.0. The number of carbonyl (C=O) groups is 1. The molecule has 0 N–H and O–H groups in total. The maximum atomic E-state index is 11.8. The lowest BCUT2D eigenvalue weighted by Crippen LogP contribution is -2.21. The smallest absolute Gasteiger partial charge is 0.190 e. The molecule has 2 aromatic heterocycles. The van der Waals surface area contributed by atoms with Crippen molar-refractivity contribution in [2.75, 3.05) is 0 Å². The molecule has 2 heterocycles. The van der Waals surface area contributed by atoms with E-state index in [1.165, 1.54) is 0 Å². The van der Waals surface area contributed by atoms with E-state index in [2.05, 4.69) is 26.7 Å². The Balaban J connectivity index is 1.88. The van der Waals surface area contributed by atoms with Crippen LogP contribution in [-0.4, -0.2) is 15.3 Å². The van der Waals surface area contributed by atoms with E-state index in [0.717, 1.165) is 58.8 Å². The minimum atomic E-state index is 0.193. The highest BCUT2D eigenvalue weighted by molar-refractivity contribution is 6.34. The zero-order valence-corrected chi connectivity index (χ0v) is 17.8. The van der Waals surface area contributed by atoms with E-state index in [1.807, 2.05) is 19.9 Å². The van der Waals surface area contributed by atoms with Crippen molar-refractivity contribution < 1.29 is 4.79 Å².